The number of ether oxygens (including phenoxy) is 1. The smallest absolute Gasteiger partial charge is 0.225 e. The van der Waals surface area contributed by atoms with Crippen molar-refractivity contribution in [3.05, 3.63) is 117 Å². The van der Waals surface area contributed by atoms with Crippen LogP contribution in [0.2, 0.25) is 0 Å². The second kappa shape index (κ2) is 15.5. The van der Waals surface area contributed by atoms with E-state index in [-0.39, 0.29) is 18.5 Å². The Morgan fingerprint density at radius 2 is 1.94 bits per heavy atom. The molecule has 4 aromatic heterocycles. The molecule has 0 saturated carbocycles. The zero-order valence-corrected chi connectivity index (χ0v) is 28.8. The molecule has 48 heavy (non-hydrogen) atoms. The van der Waals surface area contributed by atoms with Crippen LogP contribution in [0.25, 0.3) is 22.3 Å². The van der Waals surface area contributed by atoms with E-state index in [0.29, 0.717) is 47.9 Å². The molecule has 10 nitrogen and oxygen atoms in total. The van der Waals surface area contributed by atoms with Gasteiger partial charge in [-0.15, -0.1) is 11.3 Å². The van der Waals surface area contributed by atoms with Gasteiger partial charge >= 0.3 is 0 Å². The van der Waals surface area contributed by atoms with Gasteiger partial charge in [0.1, 0.15) is 40.8 Å². The summed E-state index contributed by atoms with van der Waals surface area (Å²) >= 11 is 5.03. The van der Waals surface area contributed by atoms with E-state index >= 15 is 0 Å². The zero-order chi connectivity index (χ0) is 33.5. The van der Waals surface area contributed by atoms with E-state index in [1.165, 1.54) is 35.3 Å². The largest absolute Gasteiger partial charge is 0.488 e. The van der Waals surface area contributed by atoms with E-state index in [1.807, 2.05) is 60.8 Å². The number of hydrogen-bond acceptors (Lipinski definition) is 10. The Labute approximate surface area is 290 Å². The van der Waals surface area contributed by atoms with Crippen molar-refractivity contribution in [1.82, 2.24) is 29.8 Å². The fraction of sp³-hybridized carbons (Fsp3) is 0.176. The molecule has 0 fully saturated rings. The van der Waals surface area contributed by atoms with Gasteiger partial charge in [-0.2, -0.15) is 8.42 Å². The van der Waals surface area contributed by atoms with Gasteiger partial charge in [0.25, 0.3) is 0 Å². The predicted octanol–water partition coefficient (Wildman–Crippen LogP) is 7.40. The summed E-state index contributed by atoms with van der Waals surface area (Å²) < 4.78 is 43.6. The molecule has 1 atom stereocenters. The quantitative estimate of drug-likeness (QED) is 0.120. The summed E-state index contributed by atoms with van der Waals surface area (Å²) in [5, 5.41) is 6.82. The van der Waals surface area contributed by atoms with E-state index < -0.39 is 10.3 Å². The topological polar surface area (TPSA) is 123 Å². The minimum atomic E-state index is -2.38. The molecule has 244 valence electrons. The Morgan fingerprint density at radius 1 is 1.04 bits per heavy atom. The third-order valence-corrected chi connectivity index (χ3v) is 9.44. The van der Waals surface area contributed by atoms with Gasteiger partial charge in [0.15, 0.2) is 0 Å². The highest BCUT2D eigenvalue weighted by Crippen LogP contribution is 2.34. The summed E-state index contributed by atoms with van der Waals surface area (Å²) in [6, 6.07) is 19.2. The van der Waals surface area contributed by atoms with Crippen LogP contribution in [-0.4, -0.2) is 50.3 Å². The average molecular weight is 747 g/mol. The molecule has 0 aliphatic heterocycles. The molecule has 0 saturated heterocycles. The van der Waals surface area contributed by atoms with Crippen LogP contribution in [0.5, 0.6) is 5.75 Å². The highest BCUT2D eigenvalue weighted by atomic mass is 79.9. The summed E-state index contributed by atoms with van der Waals surface area (Å²) in [5.41, 5.74) is 5.55. The second-order valence-electron chi connectivity index (χ2n) is 10.7. The standard InChI is InChI=1S/C34H29BrFN7O3S2/c1-2-31(43(21-48(44)45)13-11-24-8-3-4-12-37-24)34-42-30(19-47-34)28-16-26-29(17-38-28)39-20-40-33(26)41-25-9-10-32(27(35)15-25)46-18-22-6-5-7-23(36)14-22/h3-10,12,14-17,19-21,31H,2,11,13,18H2,1H3,(H,39,40,41). The number of aromatic nitrogens is 5. The van der Waals surface area contributed by atoms with Gasteiger partial charge in [-0.25, -0.2) is 19.3 Å². The first-order chi connectivity index (χ1) is 23.4. The molecule has 4 heterocycles. The van der Waals surface area contributed by atoms with E-state index in [4.69, 9.17) is 9.72 Å². The molecule has 14 heteroatoms. The number of thiazole rings is 1. The van der Waals surface area contributed by atoms with Crippen LogP contribution < -0.4 is 10.1 Å². The predicted molar refractivity (Wildman–Crippen MR) is 189 cm³/mol. The average Bonchev–Trinajstić information content (AvgIpc) is 3.57. The Balaban J connectivity index is 1.21. The van der Waals surface area contributed by atoms with Crippen LogP contribution in [0.1, 0.15) is 35.7 Å². The van der Waals surface area contributed by atoms with Crippen molar-refractivity contribution in [1.29, 1.82) is 0 Å². The van der Waals surface area contributed by atoms with Gasteiger partial charge in [0, 0.05) is 41.3 Å². The van der Waals surface area contributed by atoms with Crippen molar-refractivity contribution < 1.29 is 17.5 Å². The molecule has 0 radical (unpaired) electrons. The molecule has 1 unspecified atom stereocenters. The Bertz CT molecular complexity index is 2180. The molecule has 1 N–H and O–H groups in total. The number of anilines is 2. The summed E-state index contributed by atoms with van der Waals surface area (Å²) in [7, 11) is -2.38. The first-order valence-corrected chi connectivity index (χ1v) is 17.8. The van der Waals surface area contributed by atoms with E-state index in [0.717, 1.165) is 31.8 Å². The Kier molecular flexibility index (Phi) is 10.8. The molecule has 0 bridgehead atoms. The lowest BCUT2D eigenvalue weighted by molar-refractivity contribution is 0.303. The van der Waals surface area contributed by atoms with Gasteiger partial charge in [-0.05, 0) is 76.4 Å². The molecular weight excluding hydrogens is 717 g/mol. The number of benzene rings is 2. The normalized spacial score (nSPS) is 11.8. The summed E-state index contributed by atoms with van der Waals surface area (Å²) in [4.78, 5) is 24.6. The molecule has 0 spiro atoms. The van der Waals surface area contributed by atoms with Crippen LogP contribution in [0.15, 0.2) is 95.3 Å². The maximum atomic E-state index is 13.5. The van der Waals surface area contributed by atoms with Crippen molar-refractivity contribution in [3.63, 3.8) is 0 Å². The van der Waals surface area contributed by atoms with E-state index in [9.17, 15) is 12.8 Å². The molecule has 2 aromatic carbocycles. The maximum Gasteiger partial charge on any atom is 0.225 e. The van der Waals surface area contributed by atoms with Gasteiger partial charge < -0.3 is 10.1 Å². The first kappa shape index (κ1) is 33.3. The minimum absolute atomic E-state index is 0.229. The van der Waals surface area contributed by atoms with Crippen molar-refractivity contribution in [3.8, 4) is 17.1 Å². The lowest BCUT2D eigenvalue weighted by atomic mass is 10.1. The highest BCUT2D eigenvalue weighted by Gasteiger charge is 2.22. The summed E-state index contributed by atoms with van der Waals surface area (Å²) in [6.07, 6.45) is 6.12. The lowest BCUT2D eigenvalue weighted by Crippen LogP contribution is -2.30. The lowest BCUT2D eigenvalue weighted by Gasteiger charge is -2.24. The third kappa shape index (κ3) is 8.26. The number of fused-ring (bicyclic) bond motifs is 1. The van der Waals surface area contributed by atoms with Crippen LogP contribution >= 0.6 is 27.3 Å². The Hall–Kier alpha value is -4.63. The van der Waals surface area contributed by atoms with Crippen molar-refractivity contribution >= 4 is 65.5 Å². The number of pyridine rings is 2. The molecule has 0 amide bonds. The van der Waals surface area contributed by atoms with Gasteiger partial charge in [-0.3, -0.25) is 14.9 Å². The third-order valence-electron chi connectivity index (χ3n) is 7.43. The fourth-order valence-electron chi connectivity index (χ4n) is 5.11. The van der Waals surface area contributed by atoms with Crippen LogP contribution in [0.3, 0.4) is 0 Å². The number of hydrogen-bond donors (Lipinski definition) is 1. The van der Waals surface area contributed by atoms with Gasteiger partial charge in [-0.1, -0.05) is 25.1 Å². The number of halogens is 2. The van der Waals surface area contributed by atoms with E-state index in [1.54, 1.807) is 23.4 Å². The second-order valence-corrected chi connectivity index (χ2v) is 13.1. The molecule has 6 rings (SSSR count). The maximum absolute atomic E-state index is 13.5. The van der Waals surface area contributed by atoms with Crippen LogP contribution in [0, 0.1) is 5.82 Å². The van der Waals surface area contributed by atoms with Crippen LogP contribution in [0.4, 0.5) is 15.9 Å². The van der Waals surface area contributed by atoms with Crippen LogP contribution in [-0.2, 0) is 23.3 Å². The first-order valence-electron chi connectivity index (χ1n) is 15.0. The number of nitrogens with zero attached hydrogens (tertiary/aromatic N) is 6. The number of nitrogens with one attached hydrogen (secondary N) is 1. The molecule has 0 aliphatic carbocycles. The van der Waals surface area contributed by atoms with Gasteiger partial charge in [0.2, 0.25) is 10.3 Å². The van der Waals surface area contributed by atoms with Crippen molar-refractivity contribution in [2.75, 3.05) is 11.9 Å². The molecule has 0 aliphatic rings. The van der Waals surface area contributed by atoms with Crippen molar-refractivity contribution in [2.24, 2.45) is 0 Å². The van der Waals surface area contributed by atoms with Gasteiger partial charge in [0.05, 0.1) is 33.6 Å². The highest BCUT2D eigenvalue weighted by molar-refractivity contribution is 9.10. The SMILES string of the molecule is CCC(c1nc(-c2cc3c(Nc4ccc(OCc5cccc(F)c5)c(Br)c4)ncnc3cn2)cs1)N(C=S(=O)=O)CCc1ccccn1. The fourth-order valence-corrected chi connectivity index (χ4v) is 7.09. The van der Waals surface area contributed by atoms with Crippen molar-refractivity contribution in [2.45, 2.75) is 32.4 Å². The number of rotatable bonds is 13. The summed E-state index contributed by atoms with van der Waals surface area (Å²) in [5.74, 6) is 0.889. The monoisotopic (exact) mass is 745 g/mol. The molecular formula is C34H29BrFN7O3S2. The summed E-state index contributed by atoms with van der Waals surface area (Å²) in [6.45, 7) is 2.70. The Morgan fingerprint density at radius 3 is 2.71 bits per heavy atom. The zero-order valence-electron chi connectivity index (χ0n) is 25.6. The van der Waals surface area contributed by atoms with E-state index in [2.05, 4.69) is 41.2 Å². The molecule has 6 aromatic rings. The minimum Gasteiger partial charge on any atom is -0.488 e.